The van der Waals surface area contributed by atoms with Gasteiger partial charge in [-0.15, -0.1) is 0 Å². The smallest absolute Gasteiger partial charge is 0.391 e. The van der Waals surface area contributed by atoms with Crippen molar-refractivity contribution in [3.63, 3.8) is 0 Å². The standard InChI is InChI=1S/C17H12ClF6NO/c1-10(25-26-9-11-2-5-13(18)6-3-11)14-7-4-12(16(19,20)21)8-15(14)17(22,23)24/h2-8H,9H2,1H3/b25-10+. The maximum absolute atomic E-state index is 13.1. The van der Waals surface area contributed by atoms with E-state index in [0.717, 1.165) is 6.07 Å². The van der Waals surface area contributed by atoms with Crippen LogP contribution in [0.1, 0.15) is 29.2 Å². The van der Waals surface area contributed by atoms with Crippen LogP contribution >= 0.6 is 11.6 Å². The zero-order valence-corrected chi connectivity index (χ0v) is 14.0. The lowest BCUT2D eigenvalue weighted by Gasteiger charge is -2.15. The van der Waals surface area contributed by atoms with Gasteiger partial charge in [-0.1, -0.05) is 35.0 Å². The second-order valence-electron chi connectivity index (χ2n) is 5.33. The predicted octanol–water partition coefficient (Wildman–Crippen LogP) is 6.32. The maximum atomic E-state index is 13.1. The molecule has 0 amide bonds. The Hall–Kier alpha value is -2.22. The quantitative estimate of drug-likeness (QED) is 0.337. The second-order valence-corrected chi connectivity index (χ2v) is 5.77. The van der Waals surface area contributed by atoms with E-state index in [4.69, 9.17) is 16.4 Å². The van der Waals surface area contributed by atoms with E-state index in [2.05, 4.69) is 5.16 Å². The molecule has 2 rings (SSSR count). The van der Waals surface area contributed by atoms with Crippen LogP contribution in [0.3, 0.4) is 0 Å². The molecule has 0 unspecified atom stereocenters. The number of nitrogens with zero attached hydrogens (tertiary/aromatic N) is 1. The third kappa shape index (κ3) is 5.14. The van der Waals surface area contributed by atoms with Crippen LogP contribution in [0.25, 0.3) is 0 Å². The summed E-state index contributed by atoms with van der Waals surface area (Å²) < 4.78 is 77.4. The third-order valence-corrected chi connectivity index (χ3v) is 3.64. The molecule has 0 atom stereocenters. The van der Waals surface area contributed by atoms with Gasteiger partial charge in [-0.3, -0.25) is 0 Å². The zero-order valence-electron chi connectivity index (χ0n) is 13.2. The minimum atomic E-state index is -4.97. The predicted molar refractivity (Wildman–Crippen MR) is 84.9 cm³/mol. The number of hydrogen-bond acceptors (Lipinski definition) is 2. The second kappa shape index (κ2) is 7.57. The Labute approximate surface area is 150 Å². The van der Waals surface area contributed by atoms with Crippen molar-refractivity contribution in [2.24, 2.45) is 5.16 Å². The van der Waals surface area contributed by atoms with Crippen LogP contribution in [0.5, 0.6) is 0 Å². The van der Waals surface area contributed by atoms with E-state index in [-0.39, 0.29) is 18.4 Å². The van der Waals surface area contributed by atoms with Crippen molar-refractivity contribution in [2.75, 3.05) is 0 Å². The van der Waals surface area contributed by atoms with Crippen LogP contribution in [-0.2, 0) is 23.8 Å². The normalized spacial score (nSPS) is 13.0. The molecule has 0 fully saturated rings. The van der Waals surface area contributed by atoms with E-state index in [1.165, 1.54) is 6.92 Å². The summed E-state index contributed by atoms with van der Waals surface area (Å²) in [6.45, 7) is 1.19. The minimum Gasteiger partial charge on any atom is -0.391 e. The zero-order chi connectivity index (χ0) is 19.5. The summed E-state index contributed by atoms with van der Waals surface area (Å²) in [5.74, 6) is 0. The first-order valence-electron chi connectivity index (χ1n) is 7.18. The molecule has 0 N–H and O–H groups in total. The first-order valence-corrected chi connectivity index (χ1v) is 7.56. The number of halogens is 7. The SMILES string of the molecule is C/C(=N\OCc1ccc(Cl)cc1)c1ccc(C(F)(F)F)cc1C(F)(F)F. The van der Waals surface area contributed by atoms with E-state index in [9.17, 15) is 26.3 Å². The first kappa shape index (κ1) is 20.1. The fourth-order valence-corrected chi connectivity index (χ4v) is 2.23. The highest BCUT2D eigenvalue weighted by Gasteiger charge is 2.38. The van der Waals surface area contributed by atoms with E-state index >= 15 is 0 Å². The molecule has 9 heteroatoms. The Kier molecular flexibility index (Phi) is 5.85. The molecule has 2 aromatic rings. The highest BCUT2D eigenvalue weighted by atomic mass is 35.5. The molecule has 26 heavy (non-hydrogen) atoms. The Morgan fingerprint density at radius 3 is 2.12 bits per heavy atom. The van der Waals surface area contributed by atoms with E-state index in [0.29, 0.717) is 16.7 Å². The van der Waals surface area contributed by atoms with Gasteiger partial charge in [0.15, 0.2) is 0 Å². The summed E-state index contributed by atoms with van der Waals surface area (Å²) >= 11 is 5.73. The van der Waals surface area contributed by atoms with Gasteiger partial charge >= 0.3 is 12.4 Å². The monoisotopic (exact) mass is 395 g/mol. The molecule has 0 bridgehead atoms. The highest BCUT2D eigenvalue weighted by Crippen LogP contribution is 2.37. The molecule has 2 aromatic carbocycles. The fourth-order valence-electron chi connectivity index (χ4n) is 2.10. The van der Waals surface area contributed by atoms with Crippen LogP contribution in [0.15, 0.2) is 47.6 Å². The van der Waals surface area contributed by atoms with Crippen LogP contribution in [-0.4, -0.2) is 5.71 Å². The number of oxime groups is 1. The van der Waals surface area contributed by atoms with Gasteiger partial charge < -0.3 is 4.84 Å². The van der Waals surface area contributed by atoms with Gasteiger partial charge in [0.2, 0.25) is 0 Å². The minimum absolute atomic E-state index is 0.0313. The van der Waals surface area contributed by atoms with Crippen molar-refractivity contribution in [3.8, 4) is 0 Å². The lowest BCUT2D eigenvalue weighted by Crippen LogP contribution is -2.15. The number of alkyl halides is 6. The van der Waals surface area contributed by atoms with Gasteiger partial charge in [0.25, 0.3) is 0 Å². The summed E-state index contributed by atoms with van der Waals surface area (Å²) in [5, 5.41) is 4.09. The molecule has 0 spiro atoms. The molecule has 0 saturated carbocycles. The molecule has 0 aliphatic rings. The van der Waals surface area contributed by atoms with Gasteiger partial charge in [-0.05, 0) is 36.8 Å². The average Bonchev–Trinajstić information content (AvgIpc) is 2.54. The largest absolute Gasteiger partial charge is 0.417 e. The van der Waals surface area contributed by atoms with E-state index in [1.54, 1.807) is 24.3 Å². The molecule has 140 valence electrons. The number of rotatable bonds is 4. The number of hydrogen-bond donors (Lipinski definition) is 0. The van der Waals surface area contributed by atoms with Crippen LogP contribution in [0.4, 0.5) is 26.3 Å². The van der Waals surface area contributed by atoms with Gasteiger partial charge in [0.05, 0.1) is 16.8 Å². The van der Waals surface area contributed by atoms with Crippen molar-refractivity contribution in [3.05, 3.63) is 69.7 Å². The number of benzene rings is 2. The first-order chi connectivity index (χ1) is 12.0. The summed E-state index contributed by atoms with van der Waals surface area (Å²) in [4.78, 5) is 5.00. The van der Waals surface area contributed by atoms with Crippen molar-refractivity contribution < 1.29 is 31.2 Å². The maximum Gasteiger partial charge on any atom is 0.417 e. The highest BCUT2D eigenvalue weighted by molar-refractivity contribution is 6.30. The topological polar surface area (TPSA) is 21.6 Å². The molecule has 0 heterocycles. The van der Waals surface area contributed by atoms with Gasteiger partial charge in [0.1, 0.15) is 6.61 Å². The molecule has 0 aliphatic heterocycles. The summed E-state index contributed by atoms with van der Waals surface area (Å²) in [6, 6.07) is 7.87. The molecular formula is C17H12ClF6NO. The third-order valence-electron chi connectivity index (χ3n) is 3.39. The molecule has 0 radical (unpaired) electrons. The van der Waals surface area contributed by atoms with E-state index in [1.807, 2.05) is 0 Å². The van der Waals surface area contributed by atoms with Gasteiger partial charge in [-0.2, -0.15) is 26.3 Å². The molecule has 0 saturated heterocycles. The Bertz CT molecular complexity index is 796. The lowest BCUT2D eigenvalue weighted by molar-refractivity contribution is -0.143. The molecular weight excluding hydrogens is 384 g/mol. The van der Waals surface area contributed by atoms with Crippen molar-refractivity contribution in [2.45, 2.75) is 25.9 Å². The Balaban J connectivity index is 2.26. The van der Waals surface area contributed by atoms with Crippen LogP contribution < -0.4 is 0 Å². The fraction of sp³-hybridized carbons (Fsp3) is 0.235. The van der Waals surface area contributed by atoms with Gasteiger partial charge in [-0.25, -0.2) is 0 Å². The Morgan fingerprint density at radius 1 is 0.962 bits per heavy atom. The van der Waals surface area contributed by atoms with Crippen molar-refractivity contribution >= 4 is 17.3 Å². The molecule has 0 aliphatic carbocycles. The van der Waals surface area contributed by atoms with Crippen LogP contribution in [0, 0.1) is 0 Å². The van der Waals surface area contributed by atoms with Crippen molar-refractivity contribution in [1.29, 1.82) is 0 Å². The molecule has 0 aromatic heterocycles. The summed E-state index contributed by atoms with van der Waals surface area (Å²) in [6.07, 6.45) is -9.85. The van der Waals surface area contributed by atoms with E-state index < -0.39 is 29.0 Å². The average molecular weight is 396 g/mol. The summed E-state index contributed by atoms with van der Waals surface area (Å²) in [5.41, 5.74) is -2.82. The lowest BCUT2D eigenvalue weighted by atomic mass is 10.00. The Morgan fingerprint density at radius 2 is 1.58 bits per heavy atom. The van der Waals surface area contributed by atoms with Gasteiger partial charge in [0, 0.05) is 10.6 Å². The van der Waals surface area contributed by atoms with Crippen molar-refractivity contribution in [1.82, 2.24) is 0 Å². The van der Waals surface area contributed by atoms with Crippen LogP contribution in [0.2, 0.25) is 5.02 Å². The summed E-state index contributed by atoms with van der Waals surface area (Å²) in [7, 11) is 0. The molecule has 2 nitrogen and oxygen atoms in total.